The molecule has 2 fully saturated rings. The molecule has 1 heterocycles. The number of carbonyl (C=O) groups is 1. The second kappa shape index (κ2) is 12.9. The fraction of sp³-hybridized carbons (Fsp3) is 0.900. The van der Waals surface area contributed by atoms with Gasteiger partial charge in [0.1, 0.15) is 0 Å². The molecule has 0 bridgehead atoms. The Kier molecular flexibility index (Phi) is 10.5. The average molecular weight is 383 g/mol. The summed E-state index contributed by atoms with van der Waals surface area (Å²) in [6.45, 7) is 7.22. The number of guanidine groups is 1. The number of hydrogen-bond donors (Lipinski definition) is 2. The fourth-order valence-electron chi connectivity index (χ4n) is 3.80. The largest absolute Gasteiger partial charge is 0.382 e. The van der Waals surface area contributed by atoms with Crippen LogP contribution < -0.4 is 10.6 Å². The SMILES string of the molecule is CCNC(=NCCCOCCOC)NC1CCN(C(=O)C2CCCCC2)C1. The third-order valence-electron chi connectivity index (χ3n) is 5.29. The Labute approximate surface area is 164 Å². The molecule has 1 amide bonds. The van der Waals surface area contributed by atoms with Crippen LogP contribution >= 0.6 is 0 Å². The highest BCUT2D eigenvalue weighted by molar-refractivity contribution is 5.81. The topological polar surface area (TPSA) is 75.2 Å². The molecule has 1 saturated carbocycles. The smallest absolute Gasteiger partial charge is 0.225 e. The molecule has 7 heteroatoms. The van der Waals surface area contributed by atoms with Gasteiger partial charge in [-0.3, -0.25) is 9.79 Å². The number of methoxy groups -OCH3 is 1. The van der Waals surface area contributed by atoms with E-state index < -0.39 is 0 Å². The van der Waals surface area contributed by atoms with Crippen LogP contribution in [0.2, 0.25) is 0 Å². The summed E-state index contributed by atoms with van der Waals surface area (Å²) in [6, 6.07) is 0.285. The Morgan fingerprint density at radius 1 is 1.15 bits per heavy atom. The van der Waals surface area contributed by atoms with E-state index in [9.17, 15) is 4.79 Å². The van der Waals surface area contributed by atoms with Gasteiger partial charge in [0.2, 0.25) is 5.91 Å². The summed E-state index contributed by atoms with van der Waals surface area (Å²) in [6.07, 6.45) is 7.72. The molecule has 2 rings (SSSR count). The van der Waals surface area contributed by atoms with Gasteiger partial charge in [-0.05, 0) is 32.6 Å². The lowest BCUT2D eigenvalue weighted by atomic mass is 9.88. The summed E-state index contributed by atoms with van der Waals surface area (Å²) in [4.78, 5) is 19.4. The second-order valence-electron chi connectivity index (χ2n) is 7.47. The zero-order valence-corrected chi connectivity index (χ0v) is 17.2. The predicted molar refractivity (Wildman–Crippen MR) is 108 cm³/mol. The van der Waals surface area contributed by atoms with Crippen molar-refractivity contribution < 1.29 is 14.3 Å². The summed E-state index contributed by atoms with van der Waals surface area (Å²) in [5, 5.41) is 6.80. The van der Waals surface area contributed by atoms with Gasteiger partial charge in [0.15, 0.2) is 5.96 Å². The Balaban J connectivity index is 1.70. The van der Waals surface area contributed by atoms with Gasteiger partial charge in [0.05, 0.1) is 13.2 Å². The van der Waals surface area contributed by atoms with Crippen LogP contribution in [0.3, 0.4) is 0 Å². The first-order chi connectivity index (χ1) is 13.2. The van der Waals surface area contributed by atoms with Crippen molar-refractivity contribution in [2.24, 2.45) is 10.9 Å². The minimum Gasteiger partial charge on any atom is -0.382 e. The van der Waals surface area contributed by atoms with Gasteiger partial charge in [0, 0.05) is 51.9 Å². The molecule has 0 spiro atoms. The minimum atomic E-state index is 0.262. The molecule has 7 nitrogen and oxygen atoms in total. The van der Waals surface area contributed by atoms with Crippen LogP contribution in [-0.2, 0) is 14.3 Å². The second-order valence-corrected chi connectivity index (χ2v) is 7.47. The third-order valence-corrected chi connectivity index (χ3v) is 5.29. The normalized spacial score (nSPS) is 21.5. The molecule has 2 N–H and O–H groups in total. The van der Waals surface area contributed by atoms with Gasteiger partial charge in [-0.15, -0.1) is 0 Å². The van der Waals surface area contributed by atoms with E-state index in [2.05, 4.69) is 27.4 Å². The number of carbonyl (C=O) groups excluding carboxylic acids is 1. The van der Waals surface area contributed by atoms with Crippen molar-refractivity contribution in [2.75, 3.05) is 53.1 Å². The number of ether oxygens (including phenoxy) is 2. The van der Waals surface area contributed by atoms with Gasteiger partial charge >= 0.3 is 0 Å². The first kappa shape index (κ1) is 22.0. The van der Waals surface area contributed by atoms with Gasteiger partial charge in [-0.2, -0.15) is 0 Å². The highest BCUT2D eigenvalue weighted by atomic mass is 16.5. The molecule has 1 aliphatic heterocycles. The molecule has 0 aromatic carbocycles. The lowest BCUT2D eigenvalue weighted by Gasteiger charge is -2.26. The summed E-state index contributed by atoms with van der Waals surface area (Å²) in [7, 11) is 1.68. The van der Waals surface area contributed by atoms with Crippen molar-refractivity contribution in [3.63, 3.8) is 0 Å². The summed E-state index contributed by atoms with van der Waals surface area (Å²) < 4.78 is 10.4. The van der Waals surface area contributed by atoms with Crippen molar-refractivity contribution in [2.45, 2.75) is 57.9 Å². The Bertz CT molecular complexity index is 453. The number of aliphatic imine (C=N–C) groups is 1. The first-order valence-electron chi connectivity index (χ1n) is 10.6. The molecule has 0 aromatic heterocycles. The van der Waals surface area contributed by atoms with Gasteiger partial charge in [-0.1, -0.05) is 19.3 Å². The van der Waals surface area contributed by atoms with Gasteiger partial charge < -0.3 is 25.0 Å². The van der Waals surface area contributed by atoms with Crippen LogP contribution in [0, 0.1) is 5.92 Å². The first-order valence-corrected chi connectivity index (χ1v) is 10.6. The molecule has 0 radical (unpaired) electrons. The molecular weight excluding hydrogens is 344 g/mol. The van der Waals surface area contributed by atoms with Crippen molar-refractivity contribution in [1.82, 2.24) is 15.5 Å². The third kappa shape index (κ3) is 8.05. The molecular formula is C20H38N4O3. The number of nitrogens with zero attached hydrogens (tertiary/aromatic N) is 2. The Morgan fingerprint density at radius 2 is 1.96 bits per heavy atom. The van der Waals surface area contributed by atoms with E-state index in [0.29, 0.717) is 25.7 Å². The summed E-state index contributed by atoms with van der Waals surface area (Å²) >= 11 is 0. The van der Waals surface area contributed by atoms with E-state index in [1.54, 1.807) is 7.11 Å². The lowest BCUT2D eigenvalue weighted by Crippen LogP contribution is -2.45. The van der Waals surface area contributed by atoms with E-state index in [0.717, 1.165) is 57.8 Å². The maximum atomic E-state index is 12.7. The zero-order chi connectivity index (χ0) is 19.3. The van der Waals surface area contributed by atoms with E-state index in [1.165, 1.54) is 19.3 Å². The van der Waals surface area contributed by atoms with Crippen LogP contribution in [0.1, 0.15) is 51.9 Å². The molecule has 1 saturated heterocycles. The van der Waals surface area contributed by atoms with Crippen LogP contribution in [0.15, 0.2) is 4.99 Å². The van der Waals surface area contributed by atoms with E-state index in [-0.39, 0.29) is 12.0 Å². The van der Waals surface area contributed by atoms with Crippen LogP contribution in [0.25, 0.3) is 0 Å². The maximum absolute atomic E-state index is 12.7. The van der Waals surface area contributed by atoms with Crippen molar-refractivity contribution in [3.8, 4) is 0 Å². The lowest BCUT2D eigenvalue weighted by molar-refractivity contribution is -0.135. The van der Waals surface area contributed by atoms with Crippen molar-refractivity contribution in [3.05, 3.63) is 0 Å². The Hall–Kier alpha value is -1.34. The fourth-order valence-corrected chi connectivity index (χ4v) is 3.80. The molecule has 2 aliphatic rings. The van der Waals surface area contributed by atoms with Crippen LogP contribution in [0.5, 0.6) is 0 Å². The predicted octanol–water partition coefficient (Wildman–Crippen LogP) is 1.78. The molecule has 27 heavy (non-hydrogen) atoms. The van der Waals surface area contributed by atoms with Crippen molar-refractivity contribution in [1.29, 1.82) is 0 Å². The number of nitrogens with one attached hydrogen (secondary N) is 2. The summed E-state index contributed by atoms with van der Waals surface area (Å²) in [5.41, 5.74) is 0. The molecule has 156 valence electrons. The monoisotopic (exact) mass is 382 g/mol. The molecule has 1 atom stereocenters. The van der Waals surface area contributed by atoms with Gasteiger partial charge in [-0.25, -0.2) is 0 Å². The Morgan fingerprint density at radius 3 is 2.70 bits per heavy atom. The number of rotatable bonds is 10. The quantitative estimate of drug-likeness (QED) is 0.342. The molecule has 1 aliphatic carbocycles. The highest BCUT2D eigenvalue weighted by Crippen LogP contribution is 2.26. The van der Waals surface area contributed by atoms with E-state index in [1.807, 2.05) is 0 Å². The maximum Gasteiger partial charge on any atom is 0.225 e. The van der Waals surface area contributed by atoms with Crippen LogP contribution in [-0.4, -0.2) is 75.9 Å². The van der Waals surface area contributed by atoms with Crippen molar-refractivity contribution >= 4 is 11.9 Å². The number of likely N-dealkylation sites (tertiary alicyclic amines) is 1. The number of hydrogen-bond acceptors (Lipinski definition) is 4. The minimum absolute atomic E-state index is 0.262. The molecule has 0 aromatic rings. The summed E-state index contributed by atoms with van der Waals surface area (Å²) in [5.74, 6) is 1.47. The molecule has 1 unspecified atom stereocenters. The highest BCUT2D eigenvalue weighted by Gasteiger charge is 2.31. The standard InChI is InChI=1S/C20H38N4O3/c1-3-21-20(22-11-7-13-27-15-14-26-2)23-18-10-12-24(16-18)19(25)17-8-5-4-6-9-17/h17-18H,3-16H2,1-2H3,(H2,21,22,23). The van der Waals surface area contributed by atoms with Gasteiger partial charge in [0.25, 0.3) is 0 Å². The zero-order valence-electron chi connectivity index (χ0n) is 17.2. The van der Waals surface area contributed by atoms with E-state index in [4.69, 9.17) is 9.47 Å². The average Bonchev–Trinajstić information content (AvgIpc) is 3.16. The van der Waals surface area contributed by atoms with Crippen LogP contribution in [0.4, 0.5) is 0 Å². The number of amides is 1. The van der Waals surface area contributed by atoms with E-state index >= 15 is 0 Å².